The lowest BCUT2D eigenvalue weighted by Gasteiger charge is -2.31. The maximum absolute atomic E-state index is 12.5. The standard InChI is InChI=1S/C17H23NO4/c1-12(2)22-14-7-4-6-13(10-14)11-15(19)18-9-5-8-17(18,3)16(20)21/h4,6-7,10,12H,5,8-9,11H2,1-3H3,(H,20,21)/t17-/m0/s1. The molecule has 1 aliphatic rings. The maximum Gasteiger partial charge on any atom is 0.329 e. The van der Waals surface area contributed by atoms with E-state index in [9.17, 15) is 14.7 Å². The van der Waals surface area contributed by atoms with Gasteiger partial charge in [-0.1, -0.05) is 12.1 Å². The molecule has 0 aliphatic carbocycles. The normalized spacial score (nSPS) is 21.2. The quantitative estimate of drug-likeness (QED) is 0.907. The van der Waals surface area contributed by atoms with Gasteiger partial charge in [0.25, 0.3) is 0 Å². The summed E-state index contributed by atoms with van der Waals surface area (Å²) in [7, 11) is 0. The van der Waals surface area contributed by atoms with Crippen molar-refractivity contribution in [3.8, 4) is 5.75 Å². The first kappa shape index (κ1) is 16.3. The molecule has 0 unspecified atom stereocenters. The highest BCUT2D eigenvalue weighted by Gasteiger charge is 2.45. The van der Waals surface area contributed by atoms with Gasteiger partial charge in [0.2, 0.25) is 5.91 Å². The van der Waals surface area contributed by atoms with Crippen LogP contribution in [0.2, 0.25) is 0 Å². The molecule has 120 valence electrons. The lowest BCUT2D eigenvalue weighted by atomic mass is 9.98. The molecule has 5 heteroatoms. The van der Waals surface area contributed by atoms with E-state index in [2.05, 4.69) is 0 Å². The summed E-state index contributed by atoms with van der Waals surface area (Å²) >= 11 is 0. The summed E-state index contributed by atoms with van der Waals surface area (Å²) in [6, 6.07) is 7.40. The van der Waals surface area contributed by atoms with Gasteiger partial charge in [-0.3, -0.25) is 4.79 Å². The Labute approximate surface area is 130 Å². The zero-order chi connectivity index (χ0) is 16.3. The summed E-state index contributed by atoms with van der Waals surface area (Å²) in [6.07, 6.45) is 1.49. The van der Waals surface area contributed by atoms with Crippen LogP contribution in [0.4, 0.5) is 0 Å². The summed E-state index contributed by atoms with van der Waals surface area (Å²) in [5, 5.41) is 9.39. The average Bonchev–Trinajstić information content (AvgIpc) is 2.82. The van der Waals surface area contributed by atoms with Gasteiger partial charge in [-0.2, -0.15) is 0 Å². The van der Waals surface area contributed by atoms with Gasteiger partial charge in [-0.15, -0.1) is 0 Å². The smallest absolute Gasteiger partial charge is 0.329 e. The Balaban J connectivity index is 2.10. The lowest BCUT2D eigenvalue weighted by Crippen LogP contribution is -2.51. The van der Waals surface area contributed by atoms with Crippen LogP contribution >= 0.6 is 0 Å². The van der Waals surface area contributed by atoms with Crippen LogP contribution in [0, 0.1) is 0 Å². The number of nitrogens with zero attached hydrogens (tertiary/aromatic N) is 1. The van der Waals surface area contributed by atoms with Crippen molar-refractivity contribution in [1.82, 2.24) is 4.90 Å². The summed E-state index contributed by atoms with van der Waals surface area (Å²) in [6.45, 7) is 6.02. The fourth-order valence-electron chi connectivity index (χ4n) is 2.86. The number of carbonyl (C=O) groups excluding carboxylic acids is 1. The molecule has 0 aromatic heterocycles. The number of carboxylic acid groups (broad SMARTS) is 1. The van der Waals surface area contributed by atoms with E-state index in [1.165, 1.54) is 4.90 Å². The Morgan fingerprint density at radius 2 is 2.14 bits per heavy atom. The van der Waals surface area contributed by atoms with E-state index in [4.69, 9.17) is 4.74 Å². The van der Waals surface area contributed by atoms with Crippen LogP contribution in [0.1, 0.15) is 39.2 Å². The minimum Gasteiger partial charge on any atom is -0.491 e. The van der Waals surface area contributed by atoms with Crippen LogP contribution in [-0.4, -0.2) is 40.1 Å². The maximum atomic E-state index is 12.5. The van der Waals surface area contributed by atoms with Crippen molar-refractivity contribution in [2.45, 2.75) is 51.7 Å². The molecular weight excluding hydrogens is 282 g/mol. The predicted octanol–water partition coefficient (Wildman–Crippen LogP) is 2.48. The van der Waals surface area contributed by atoms with Crippen LogP contribution < -0.4 is 4.74 Å². The number of amides is 1. The molecule has 0 spiro atoms. The molecule has 1 heterocycles. The summed E-state index contributed by atoms with van der Waals surface area (Å²) < 4.78 is 5.62. The lowest BCUT2D eigenvalue weighted by molar-refractivity contribution is -0.155. The highest BCUT2D eigenvalue weighted by Crippen LogP contribution is 2.30. The number of aliphatic carboxylic acids is 1. The van der Waals surface area contributed by atoms with Crippen molar-refractivity contribution >= 4 is 11.9 Å². The average molecular weight is 305 g/mol. The van der Waals surface area contributed by atoms with Crippen LogP contribution in [-0.2, 0) is 16.0 Å². The third kappa shape index (κ3) is 3.40. The Hall–Kier alpha value is -2.04. The number of hydrogen-bond donors (Lipinski definition) is 1. The Morgan fingerprint density at radius 3 is 2.77 bits per heavy atom. The van der Waals surface area contributed by atoms with Crippen LogP contribution in [0.25, 0.3) is 0 Å². The number of carbonyl (C=O) groups is 2. The van der Waals surface area contributed by atoms with E-state index in [-0.39, 0.29) is 18.4 Å². The third-order valence-electron chi connectivity index (χ3n) is 4.03. The van der Waals surface area contributed by atoms with Gasteiger partial charge in [0.15, 0.2) is 0 Å². The second-order valence-corrected chi connectivity index (χ2v) is 6.22. The van der Waals surface area contributed by atoms with E-state index in [1.807, 2.05) is 38.1 Å². The highest BCUT2D eigenvalue weighted by atomic mass is 16.5. The van der Waals surface area contributed by atoms with Crippen molar-refractivity contribution < 1.29 is 19.4 Å². The molecule has 1 aliphatic heterocycles. The van der Waals surface area contributed by atoms with Gasteiger partial charge in [-0.05, 0) is 51.3 Å². The molecule has 5 nitrogen and oxygen atoms in total. The minimum absolute atomic E-state index is 0.0693. The van der Waals surface area contributed by atoms with Crippen molar-refractivity contribution in [2.24, 2.45) is 0 Å². The SMILES string of the molecule is CC(C)Oc1cccc(CC(=O)N2CCC[C@@]2(C)C(=O)O)c1. The van der Waals surface area contributed by atoms with Gasteiger partial charge in [0.05, 0.1) is 12.5 Å². The first-order chi connectivity index (χ1) is 10.3. The van der Waals surface area contributed by atoms with Crippen molar-refractivity contribution in [1.29, 1.82) is 0 Å². The second-order valence-electron chi connectivity index (χ2n) is 6.22. The Bertz CT molecular complexity index is 570. The monoisotopic (exact) mass is 305 g/mol. The van der Waals surface area contributed by atoms with E-state index >= 15 is 0 Å². The van der Waals surface area contributed by atoms with E-state index in [0.717, 1.165) is 17.7 Å². The first-order valence-corrected chi connectivity index (χ1v) is 7.62. The topological polar surface area (TPSA) is 66.8 Å². The van der Waals surface area contributed by atoms with Gasteiger partial charge < -0.3 is 14.7 Å². The molecular formula is C17H23NO4. The Kier molecular flexibility index (Phi) is 4.74. The highest BCUT2D eigenvalue weighted by molar-refractivity contribution is 5.88. The number of rotatable bonds is 5. The van der Waals surface area contributed by atoms with E-state index < -0.39 is 11.5 Å². The van der Waals surface area contributed by atoms with Gasteiger partial charge >= 0.3 is 5.97 Å². The third-order valence-corrected chi connectivity index (χ3v) is 4.03. The van der Waals surface area contributed by atoms with Gasteiger partial charge in [0, 0.05) is 6.54 Å². The largest absolute Gasteiger partial charge is 0.491 e. The van der Waals surface area contributed by atoms with Crippen molar-refractivity contribution in [2.75, 3.05) is 6.54 Å². The van der Waals surface area contributed by atoms with Crippen molar-refractivity contribution in [3.05, 3.63) is 29.8 Å². The number of likely N-dealkylation sites (tertiary alicyclic amines) is 1. The van der Waals surface area contributed by atoms with Gasteiger partial charge in [-0.25, -0.2) is 4.79 Å². The molecule has 0 saturated carbocycles. The van der Waals surface area contributed by atoms with Gasteiger partial charge in [0.1, 0.15) is 11.3 Å². The summed E-state index contributed by atoms with van der Waals surface area (Å²) in [5.74, 6) is -0.359. The minimum atomic E-state index is -1.08. The fraction of sp³-hybridized carbons (Fsp3) is 0.529. The molecule has 0 radical (unpaired) electrons. The van der Waals surface area contributed by atoms with E-state index in [0.29, 0.717) is 13.0 Å². The molecule has 1 aromatic carbocycles. The van der Waals surface area contributed by atoms with Crippen molar-refractivity contribution in [3.63, 3.8) is 0 Å². The number of benzene rings is 1. The molecule has 1 amide bonds. The molecule has 1 aromatic rings. The molecule has 1 fully saturated rings. The predicted molar refractivity (Wildman–Crippen MR) is 82.9 cm³/mol. The molecule has 1 saturated heterocycles. The number of ether oxygens (including phenoxy) is 1. The summed E-state index contributed by atoms with van der Waals surface area (Å²) in [4.78, 5) is 25.4. The summed E-state index contributed by atoms with van der Waals surface area (Å²) in [5.41, 5.74) is -0.244. The molecule has 22 heavy (non-hydrogen) atoms. The molecule has 2 rings (SSSR count). The zero-order valence-corrected chi connectivity index (χ0v) is 13.3. The number of hydrogen-bond acceptors (Lipinski definition) is 3. The first-order valence-electron chi connectivity index (χ1n) is 7.62. The number of carboxylic acids is 1. The Morgan fingerprint density at radius 1 is 1.41 bits per heavy atom. The van der Waals surface area contributed by atoms with Crippen LogP contribution in [0.15, 0.2) is 24.3 Å². The molecule has 0 bridgehead atoms. The molecule has 1 N–H and O–H groups in total. The van der Waals surface area contributed by atoms with Crippen LogP contribution in [0.3, 0.4) is 0 Å². The van der Waals surface area contributed by atoms with Crippen LogP contribution in [0.5, 0.6) is 5.75 Å². The fourth-order valence-corrected chi connectivity index (χ4v) is 2.86. The second kappa shape index (κ2) is 6.38. The molecule has 1 atom stereocenters. The van der Waals surface area contributed by atoms with E-state index in [1.54, 1.807) is 6.92 Å². The zero-order valence-electron chi connectivity index (χ0n) is 13.3.